The highest BCUT2D eigenvalue weighted by Gasteiger charge is 2.11. The SMILES string of the molecule is COCCCC(NN)c1ccccc1Br. The lowest BCUT2D eigenvalue weighted by molar-refractivity contribution is 0.188. The van der Waals surface area contributed by atoms with Gasteiger partial charge in [0.15, 0.2) is 0 Å². The fourth-order valence-corrected chi connectivity index (χ4v) is 2.08. The van der Waals surface area contributed by atoms with Crippen molar-refractivity contribution >= 4 is 15.9 Å². The van der Waals surface area contributed by atoms with E-state index in [0.29, 0.717) is 0 Å². The molecule has 1 aromatic carbocycles. The Kier molecular flexibility index (Phi) is 5.86. The summed E-state index contributed by atoms with van der Waals surface area (Å²) in [6, 6.07) is 8.28. The lowest BCUT2D eigenvalue weighted by Crippen LogP contribution is -2.28. The third-order valence-corrected chi connectivity index (χ3v) is 3.05. The van der Waals surface area contributed by atoms with Crippen molar-refractivity contribution in [3.63, 3.8) is 0 Å². The van der Waals surface area contributed by atoms with Gasteiger partial charge in [-0.3, -0.25) is 11.3 Å². The molecule has 3 N–H and O–H groups in total. The van der Waals surface area contributed by atoms with E-state index in [4.69, 9.17) is 10.6 Å². The van der Waals surface area contributed by atoms with Gasteiger partial charge in [0, 0.05) is 24.2 Å². The molecule has 0 heterocycles. The maximum Gasteiger partial charge on any atom is 0.0472 e. The van der Waals surface area contributed by atoms with E-state index in [1.54, 1.807) is 7.11 Å². The van der Waals surface area contributed by atoms with Crippen LogP contribution in [0.1, 0.15) is 24.4 Å². The topological polar surface area (TPSA) is 47.3 Å². The lowest BCUT2D eigenvalue weighted by atomic mass is 10.0. The Morgan fingerprint density at radius 2 is 2.20 bits per heavy atom. The lowest BCUT2D eigenvalue weighted by Gasteiger charge is -2.17. The van der Waals surface area contributed by atoms with Gasteiger partial charge < -0.3 is 4.74 Å². The van der Waals surface area contributed by atoms with Crippen LogP contribution in [0.5, 0.6) is 0 Å². The molecule has 0 radical (unpaired) electrons. The Morgan fingerprint density at radius 3 is 2.80 bits per heavy atom. The van der Waals surface area contributed by atoms with Crippen molar-refractivity contribution in [2.45, 2.75) is 18.9 Å². The molecule has 0 amide bonds. The average Bonchev–Trinajstić information content (AvgIpc) is 2.26. The maximum atomic E-state index is 5.54. The second-order valence-corrected chi connectivity index (χ2v) is 4.23. The van der Waals surface area contributed by atoms with E-state index in [9.17, 15) is 0 Å². The molecule has 4 heteroatoms. The van der Waals surface area contributed by atoms with Gasteiger partial charge in [-0.2, -0.15) is 0 Å². The molecule has 0 saturated carbocycles. The largest absolute Gasteiger partial charge is 0.385 e. The van der Waals surface area contributed by atoms with Crippen LogP contribution in [0.2, 0.25) is 0 Å². The number of methoxy groups -OCH3 is 1. The summed E-state index contributed by atoms with van der Waals surface area (Å²) in [5.74, 6) is 5.54. The highest BCUT2D eigenvalue weighted by Crippen LogP contribution is 2.25. The van der Waals surface area contributed by atoms with Crippen LogP contribution in [0.25, 0.3) is 0 Å². The molecule has 15 heavy (non-hydrogen) atoms. The summed E-state index contributed by atoms with van der Waals surface area (Å²) in [5.41, 5.74) is 4.02. The summed E-state index contributed by atoms with van der Waals surface area (Å²) in [4.78, 5) is 0. The predicted octanol–water partition coefficient (Wildman–Crippen LogP) is 2.38. The van der Waals surface area contributed by atoms with Gasteiger partial charge >= 0.3 is 0 Å². The molecule has 0 aliphatic carbocycles. The fraction of sp³-hybridized carbons (Fsp3) is 0.455. The third-order valence-electron chi connectivity index (χ3n) is 2.32. The van der Waals surface area contributed by atoms with E-state index in [-0.39, 0.29) is 6.04 Å². The highest BCUT2D eigenvalue weighted by atomic mass is 79.9. The number of halogens is 1. The summed E-state index contributed by atoms with van der Waals surface area (Å²) in [6.07, 6.45) is 1.96. The zero-order valence-corrected chi connectivity index (χ0v) is 10.5. The van der Waals surface area contributed by atoms with Gasteiger partial charge in [0.25, 0.3) is 0 Å². The molecular weight excluding hydrogens is 256 g/mol. The van der Waals surface area contributed by atoms with Gasteiger partial charge in [-0.25, -0.2) is 0 Å². The smallest absolute Gasteiger partial charge is 0.0472 e. The Balaban J connectivity index is 2.61. The molecule has 0 aliphatic rings. The third kappa shape index (κ3) is 3.91. The quantitative estimate of drug-likeness (QED) is 0.475. The van der Waals surface area contributed by atoms with Crippen molar-refractivity contribution in [1.82, 2.24) is 5.43 Å². The first-order valence-corrected chi connectivity index (χ1v) is 5.78. The van der Waals surface area contributed by atoms with Crippen molar-refractivity contribution in [3.05, 3.63) is 34.3 Å². The minimum Gasteiger partial charge on any atom is -0.385 e. The number of hydrogen-bond donors (Lipinski definition) is 2. The van der Waals surface area contributed by atoms with Gasteiger partial charge in [-0.1, -0.05) is 34.1 Å². The van der Waals surface area contributed by atoms with E-state index >= 15 is 0 Å². The minimum absolute atomic E-state index is 0.177. The van der Waals surface area contributed by atoms with Gasteiger partial charge in [0.1, 0.15) is 0 Å². The van der Waals surface area contributed by atoms with Crippen LogP contribution in [0.15, 0.2) is 28.7 Å². The molecule has 0 spiro atoms. The number of rotatable bonds is 6. The summed E-state index contributed by atoms with van der Waals surface area (Å²) in [5, 5.41) is 0. The second-order valence-electron chi connectivity index (χ2n) is 3.38. The Labute approximate surface area is 99.1 Å². The van der Waals surface area contributed by atoms with Crippen LogP contribution < -0.4 is 11.3 Å². The van der Waals surface area contributed by atoms with E-state index in [2.05, 4.69) is 27.4 Å². The average molecular weight is 273 g/mol. The molecule has 1 aromatic rings. The van der Waals surface area contributed by atoms with Crippen LogP contribution in [0.3, 0.4) is 0 Å². The van der Waals surface area contributed by atoms with Crippen LogP contribution in [-0.2, 0) is 4.74 Å². The number of benzene rings is 1. The zero-order valence-electron chi connectivity index (χ0n) is 8.87. The van der Waals surface area contributed by atoms with Crippen molar-refractivity contribution in [2.24, 2.45) is 5.84 Å². The van der Waals surface area contributed by atoms with Gasteiger partial charge in [-0.15, -0.1) is 0 Å². The van der Waals surface area contributed by atoms with Crippen molar-refractivity contribution < 1.29 is 4.74 Å². The molecular formula is C11H17BrN2O. The second kappa shape index (κ2) is 6.95. The van der Waals surface area contributed by atoms with Crippen LogP contribution in [0, 0.1) is 0 Å². The van der Waals surface area contributed by atoms with Crippen LogP contribution >= 0.6 is 15.9 Å². The Morgan fingerprint density at radius 1 is 1.47 bits per heavy atom. The van der Waals surface area contributed by atoms with E-state index in [0.717, 1.165) is 23.9 Å². The number of nitrogens with one attached hydrogen (secondary N) is 1. The molecule has 1 atom stereocenters. The monoisotopic (exact) mass is 272 g/mol. The molecule has 0 bridgehead atoms. The summed E-state index contributed by atoms with van der Waals surface area (Å²) >= 11 is 3.52. The standard InChI is InChI=1S/C11H17BrN2O/c1-15-8-4-7-11(14-13)9-5-2-3-6-10(9)12/h2-3,5-6,11,14H,4,7-8,13H2,1H3. The Hall–Kier alpha value is -0.420. The van der Waals surface area contributed by atoms with Crippen molar-refractivity contribution in [1.29, 1.82) is 0 Å². The molecule has 0 fully saturated rings. The van der Waals surface area contributed by atoms with Crippen LogP contribution in [-0.4, -0.2) is 13.7 Å². The number of ether oxygens (including phenoxy) is 1. The maximum absolute atomic E-state index is 5.54. The van der Waals surface area contributed by atoms with E-state index in [1.807, 2.05) is 18.2 Å². The number of nitrogens with two attached hydrogens (primary N) is 1. The van der Waals surface area contributed by atoms with Crippen molar-refractivity contribution in [2.75, 3.05) is 13.7 Å². The van der Waals surface area contributed by atoms with Crippen molar-refractivity contribution in [3.8, 4) is 0 Å². The minimum atomic E-state index is 0.177. The predicted molar refractivity (Wildman–Crippen MR) is 65.3 cm³/mol. The van der Waals surface area contributed by atoms with Gasteiger partial charge in [-0.05, 0) is 24.5 Å². The molecule has 0 saturated heterocycles. The fourth-order valence-electron chi connectivity index (χ4n) is 1.52. The Bertz CT molecular complexity index is 294. The van der Waals surface area contributed by atoms with E-state index < -0.39 is 0 Å². The number of hydrazine groups is 1. The van der Waals surface area contributed by atoms with Gasteiger partial charge in [0.05, 0.1) is 0 Å². The first kappa shape index (κ1) is 12.6. The molecule has 0 aromatic heterocycles. The number of hydrogen-bond acceptors (Lipinski definition) is 3. The summed E-state index contributed by atoms with van der Waals surface area (Å²) in [6.45, 7) is 0.767. The molecule has 3 nitrogen and oxygen atoms in total. The molecule has 84 valence electrons. The zero-order chi connectivity index (χ0) is 11.1. The highest BCUT2D eigenvalue weighted by molar-refractivity contribution is 9.10. The van der Waals surface area contributed by atoms with E-state index in [1.165, 1.54) is 5.56 Å². The first-order chi connectivity index (χ1) is 7.29. The summed E-state index contributed by atoms with van der Waals surface area (Å²) in [7, 11) is 1.71. The molecule has 1 rings (SSSR count). The molecule has 1 unspecified atom stereocenters. The summed E-state index contributed by atoms with van der Waals surface area (Å²) < 4.78 is 6.11. The van der Waals surface area contributed by atoms with Gasteiger partial charge in [0.2, 0.25) is 0 Å². The first-order valence-electron chi connectivity index (χ1n) is 4.99. The normalized spacial score (nSPS) is 12.7. The molecule has 0 aliphatic heterocycles. The van der Waals surface area contributed by atoms with Crippen LogP contribution in [0.4, 0.5) is 0 Å².